The molecule has 0 aliphatic carbocycles. The highest BCUT2D eigenvalue weighted by atomic mass is 16.5. The molecule has 0 bridgehead atoms. The lowest BCUT2D eigenvalue weighted by Crippen LogP contribution is -2.43. The topological polar surface area (TPSA) is 76.8 Å². The molecule has 160 valence electrons. The Bertz CT molecular complexity index is 1060. The molecule has 0 saturated carbocycles. The Morgan fingerprint density at radius 3 is 2.81 bits per heavy atom. The summed E-state index contributed by atoms with van der Waals surface area (Å²) in [5.41, 5.74) is 2.59. The zero-order valence-corrected chi connectivity index (χ0v) is 17.5. The van der Waals surface area contributed by atoms with Gasteiger partial charge in [0, 0.05) is 25.6 Å². The second-order valence-corrected chi connectivity index (χ2v) is 7.42. The quantitative estimate of drug-likeness (QED) is 0.613. The second kappa shape index (κ2) is 9.43. The van der Waals surface area contributed by atoms with Crippen molar-refractivity contribution in [2.75, 3.05) is 26.8 Å². The zero-order chi connectivity index (χ0) is 21.6. The number of terminal acetylenes is 1. The molecule has 0 spiro atoms. The molecule has 1 fully saturated rings. The van der Waals surface area contributed by atoms with Crippen molar-refractivity contribution in [3.05, 3.63) is 53.9 Å². The second-order valence-electron chi connectivity index (χ2n) is 7.42. The summed E-state index contributed by atoms with van der Waals surface area (Å²) in [6.07, 6.45) is 6.92. The largest absolute Gasteiger partial charge is 0.493 e. The lowest BCUT2D eigenvalue weighted by Gasteiger charge is -2.30. The fraction of sp³-hybridized carbons (Fsp3) is 0.333. The molecule has 1 N–H and O–H groups in total. The van der Waals surface area contributed by atoms with Gasteiger partial charge in [0.25, 0.3) is 0 Å². The number of carbonyl (C=O) groups excluding carboxylic acids is 1. The normalized spacial score (nSPS) is 14.3. The van der Waals surface area contributed by atoms with Gasteiger partial charge in [-0.25, -0.2) is 9.78 Å². The molecule has 1 aliphatic rings. The van der Waals surface area contributed by atoms with E-state index in [1.165, 1.54) is 0 Å². The lowest BCUT2D eigenvalue weighted by molar-refractivity contribution is 0.177. The summed E-state index contributed by atoms with van der Waals surface area (Å²) in [5.74, 6) is 4.60. The molecule has 0 atom stereocenters. The minimum Gasteiger partial charge on any atom is -0.493 e. The number of para-hydroxylation sites is 2. The molecule has 4 rings (SSSR count). The van der Waals surface area contributed by atoms with Crippen LogP contribution in [0.1, 0.15) is 30.2 Å². The van der Waals surface area contributed by atoms with E-state index >= 15 is 0 Å². The number of amides is 2. The van der Waals surface area contributed by atoms with Gasteiger partial charge in [-0.2, -0.15) is 0 Å². The highest BCUT2D eigenvalue weighted by Crippen LogP contribution is 2.30. The number of ether oxygens (including phenoxy) is 2. The SMILES string of the molecule is C#CCOc1cc(CNC(=O)N2CCC(c3nc4ccccc4o3)CC2)ccc1OC. The fourth-order valence-electron chi connectivity index (χ4n) is 3.75. The van der Waals surface area contributed by atoms with Gasteiger partial charge in [0.05, 0.1) is 7.11 Å². The van der Waals surface area contributed by atoms with Gasteiger partial charge >= 0.3 is 6.03 Å². The summed E-state index contributed by atoms with van der Waals surface area (Å²) in [6, 6.07) is 13.2. The molecule has 1 aliphatic heterocycles. The summed E-state index contributed by atoms with van der Waals surface area (Å²) in [4.78, 5) is 19.1. The van der Waals surface area contributed by atoms with Gasteiger partial charge in [0.15, 0.2) is 23.0 Å². The predicted octanol–water partition coefficient (Wildman–Crippen LogP) is 3.94. The molecule has 2 amide bonds. The third kappa shape index (κ3) is 4.75. The number of piperidine rings is 1. The Kier molecular flexibility index (Phi) is 6.27. The molecular weight excluding hydrogens is 394 g/mol. The first-order valence-electron chi connectivity index (χ1n) is 10.3. The van der Waals surface area contributed by atoms with E-state index in [4.69, 9.17) is 20.3 Å². The molecule has 7 heteroatoms. The number of nitrogens with zero attached hydrogens (tertiary/aromatic N) is 2. The van der Waals surface area contributed by atoms with Crippen molar-refractivity contribution >= 4 is 17.1 Å². The van der Waals surface area contributed by atoms with Crippen molar-refractivity contribution in [1.82, 2.24) is 15.2 Å². The van der Waals surface area contributed by atoms with E-state index in [2.05, 4.69) is 16.2 Å². The van der Waals surface area contributed by atoms with Gasteiger partial charge in [-0.15, -0.1) is 6.42 Å². The van der Waals surface area contributed by atoms with Crippen LogP contribution in [-0.4, -0.2) is 42.7 Å². The zero-order valence-electron chi connectivity index (χ0n) is 17.5. The molecule has 2 aromatic carbocycles. The number of likely N-dealkylation sites (tertiary alicyclic amines) is 1. The monoisotopic (exact) mass is 419 g/mol. The molecule has 0 radical (unpaired) electrons. The number of hydrogen-bond acceptors (Lipinski definition) is 5. The van der Waals surface area contributed by atoms with Gasteiger partial charge in [-0.05, 0) is 42.7 Å². The Balaban J connectivity index is 1.30. The van der Waals surface area contributed by atoms with E-state index in [0.717, 1.165) is 35.4 Å². The summed E-state index contributed by atoms with van der Waals surface area (Å²) >= 11 is 0. The Labute approximate surface area is 181 Å². The van der Waals surface area contributed by atoms with Gasteiger partial charge in [0.2, 0.25) is 0 Å². The van der Waals surface area contributed by atoms with Crippen LogP contribution in [0, 0.1) is 12.3 Å². The van der Waals surface area contributed by atoms with Crippen molar-refractivity contribution in [2.24, 2.45) is 0 Å². The number of hydrogen-bond donors (Lipinski definition) is 1. The average Bonchev–Trinajstić information content (AvgIpc) is 3.25. The van der Waals surface area contributed by atoms with Crippen molar-refractivity contribution in [2.45, 2.75) is 25.3 Å². The number of benzene rings is 2. The highest BCUT2D eigenvalue weighted by molar-refractivity contribution is 5.74. The maximum Gasteiger partial charge on any atom is 0.317 e. The van der Waals surface area contributed by atoms with Crippen LogP contribution in [0.4, 0.5) is 4.79 Å². The molecule has 1 aromatic heterocycles. The number of carbonyl (C=O) groups is 1. The molecule has 7 nitrogen and oxygen atoms in total. The van der Waals surface area contributed by atoms with Crippen LogP contribution in [0.5, 0.6) is 11.5 Å². The first-order chi connectivity index (χ1) is 15.2. The predicted molar refractivity (Wildman–Crippen MR) is 117 cm³/mol. The van der Waals surface area contributed by atoms with Crippen LogP contribution in [0.2, 0.25) is 0 Å². The number of oxazole rings is 1. The molecule has 3 aromatic rings. The summed E-state index contributed by atoms with van der Waals surface area (Å²) in [7, 11) is 1.57. The van der Waals surface area contributed by atoms with Gasteiger partial charge in [-0.1, -0.05) is 24.1 Å². The average molecular weight is 419 g/mol. The Morgan fingerprint density at radius 2 is 2.06 bits per heavy atom. The van der Waals surface area contributed by atoms with E-state index in [-0.39, 0.29) is 18.6 Å². The molecule has 0 unspecified atom stereocenters. The van der Waals surface area contributed by atoms with Gasteiger partial charge < -0.3 is 24.1 Å². The minimum atomic E-state index is -0.0853. The van der Waals surface area contributed by atoms with E-state index in [9.17, 15) is 4.79 Å². The van der Waals surface area contributed by atoms with Crippen LogP contribution >= 0.6 is 0 Å². The van der Waals surface area contributed by atoms with Crippen molar-refractivity contribution in [1.29, 1.82) is 0 Å². The van der Waals surface area contributed by atoms with Crippen molar-refractivity contribution < 1.29 is 18.7 Å². The smallest absolute Gasteiger partial charge is 0.317 e. The number of nitrogens with one attached hydrogen (secondary N) is 1. The van der Waals surface area contributed by atoms with Crippen molar-refractivity contribution in [3.63, 3.8) is 0 Å². The first kappa shape index (κ1) is 20.6. The molecule has 31 heavy (non-hydrogen) atoms. The van der Waals surface area contributed by atoms with Crippen LogP contribution in [0.15, 0.2) is 46.9 Å². The minimum absolute atomic E-state index is 0.0853. The third-order valence-electron chi connectivity index (χ3n) is 5.42. The standard InChI is InChI=1S/C24H25N3O4/c1-3-14-30-22-15-17(8-9-21(22)29-2)16-25-24(28)27-12-10-18(11-13-27)23-26-19-6-4-5-7-20(19)31-23/h1,4-9,15,18H,10-14,16H2,2H3,(H,25,28). The van der Waals surface area contributed by atoms with Crippen LogP contribution in [0.25, 0.3) is 11.1 Å². The number of rotatable bonds is 6. The molecular formula is C24H25N3O4. The highest BCUT2D eigenvalue weighted by Gasteiger charge is 2.27. The number of methoxy groups -OCH3 is 1. The maximum atomic E-state index is 12.6. The summed E-state index contributed by atoms with van der Waals surface area (Å²) in [6.45, 7) is 1.87. The molecule has 2 heterocycles. The van der Waals surface area contributed by atoms with Crippen LogP contribution in [-0.2, 0) is 6.54 Å². The van der Waals surface area contributed by atoms with E-state index < -0.39 is 0 Å². The van der Waals surface area contributed by atoms with Crippen LogP contribution in [0.3, 0.4) is 0 Å². The van der Waals surface area contributed by atoms with Gasteiger partial charge in [-0.3, -0.25) is 0 Å². The van der Waals surface area contributed by atoms with E-state index in [1.807, 2.05) is 41.3 Å². The molecule has 1 saturated heterocycles. The number of aromatic nitrogens is 1. The fourth-order valence-corrected chi connectivity index (χ4v) is 3.75. The summed E-state index contributed by atoms with van der Waals surface area (Å²) in [5, 5.41) is 2.98. The number of urea groups is 1. The first-order valence-corrected chi connectivity index (χ1v) is 10.3. The maximum absolute atomic E-state index is 12.6. The van der Waals surface area contributed by atoms with Crippen LogP contribution < -0.4 is 14.8 Å². The van der Waals surface area contributed by atoms with Crippen molar-refractivity contribution in [3.8, 4) is 23.8 Å². The number of fused-ring (bicyclic) bond motifs is 1. The van der Waals surface area contributed by atoms with E-state index in [1.54, 1.807) is 13.2 Å². The van der Waals surface area contributed by atoms with Gasteiger partial charge in [0.1, 0.15) is 12.1 Å². The summed E-state index contributed by atoms with van der Waals surface area (Å²) < 4.78 is 16.7. The Morgan fingerprint density at radius 1 is 1.26 bits per heavy atom. The third-order valence-corrected chi connectivity index (χ3v) is 5.42. The van der Waals surface area contributed by atoms with E-state index in [0.29, 0.717) is 31.1 Å². The lowest BCUT2D eigenvalue weighted by atomic mass is 9.97. The Hall–Kier alpha value is -3.66.